The average molecular weight is 316 g/mol. The molecule has 7 nitrogen and oxygen atoms in total. The number of amides is 1. The second-order valence-corrected chi connectivity index (χ2v) is 5.54. The molecule has 1 aliphatic rings. The molecule has 122 valence electrons. The van der Waals surface area contributed by atoms with Crippen molar-refractivity contribution >= 4 is 11.6 Å². The molecular formula is C16H20N4O3. The first-order valence-corrected chi connectivity index (χ1v) is 7.59. The van der Waals surface area contributed by atoms with Crippen LogP contribution < -0.4 is 10.1 Å². The minimum Gasteiger partial charge on any atom is -0.480 e. The zero-order valence-electron chi connectivity index (χ0n) is 13.2. The lowest BCUT2D eigenvalue weighted by Crippen LogP contribution is -2.33. The smallest absolute Gasteiger partial charge is 0.237 e. The predicted molar refractivity (Wildman–Crippen MR) is 84.0 cm³/mol. The van der Waals surface area contributed by atoms with Gasteiger partial charge in [-0.05, 0) is 25.0 Å². The fourth-order valence-corrected chi connectivity index (χ4v) is 2.84. The highest BCUT2D eigenvalue weighted by atomic mass is 16.5. The van der Waals surface area contributed by atoms with Crippen molar-refractivity contribution in [1.29, 1.82) is 0 Å². The molecule has 7 heteroatoms. The molecular weight excluding hydrogens is 296 g/mol. The summed E-state index contributed by atoms with van der Waals surface area (Å²) in [4.78, 5) is 16.8. The minimum absolute atomic E-state index is 0.0927. The van der Waals surface area contributed by atoms with Crippen molar-refractivity contribution in [2.24, 2.45) is 13.0 Å². The van der Waals surface area contributed by atoms with Crippen molar-refractivity contribution in [3.8, 4) is 5.88 Å². The van der Waals surface area contributed by atoms with Crippen LogP contribution >= 0.6 is 0 Å². The van der Waals surface area contributed by atoms with Crippen LogP contribution in [0.5, 0.6) is 5.88 Å². The SMILES string of the molecule is COc1ncccc1NC(=O)[C@@H]1CCCO[C@H]1c1cnn(C)c1. The number of aromatic nitrogens is 3. The highest BCUT2D eigenvalue weighted by molar-refractivity contribution is 5.94. The Balaban J connectivity index is 1.79. The van der Waals surface area contributed by atoms with Crippen LogP contribution in [0.2, 0.25) is 0 Å². The largest absolute Gasteiger partial charge is 0.480 e. The Morgan fingerprint density at radius 1 is 1.52 bits per heavy atom. The van der Waals surface area contributed by atoms with Gasteiger partial charge in [-0.2, -0.15) is 5.10 Å². The Hall–Kier alpha value is -2.41. The molecule has 0 saturated carbocycles. The molecule has 1 N–H and O–H groups in total. The monoisotopic (exact) mass is 316 g/mol. The van der Waals surface area contributed by atoms with Crippen LogP contribution in [0.1, 0.15) is 24.5 Å². The van der Waals surface area contributed by atoms with Gasteiger partial charge in [-0.3, -0.25) is 9.48 Å². The molecule has 0 spiro atoms. The third-order valence-corrected chi connectivity index (χ3v) is 3.93. The van der Waals surface area contributed by atoms with Crippen LogP contribution in [0.15, 0.2) is 30.7 Å². The Labute approximate surface area is 134 Å². The van der Waals surface area contributed by atoms with Crippen molar-refractivity contribution in [3.05, 3.63) is 36.3 Å². The summed E-state index contributed by atoms with van der Waals surface area (Å²) < 4.78 is 12.7. The number of ether oxygens (including phenoxy) is 2. The van der Waals surface area contributed by atoms with Crippen molar-refractivity contribution in [1.82, 2.24) is 14.8 Å². The van der Waals surface area contributed by atoms with E-state index in [2.05, 4.69) is 15.4 Å². The number of hydrogen-bond acceptors (Lipinski definition) is 5. The van der Waals surface area contributed by atoms with Gasteiger partial charge in [0.25, 0.3) is 0 Å². The maximum absolute atomic E-state index is 12.7. The third-order valence-electron chi connectivity index (χ3n) is 3.93. The molecule has 2 aromatic heterocycles. The van der Waals surface area contributed by atoms with E-state index in [-0.39, 0.29) is 17.9 Å². The summed E-state index contributed by atoms with van der Waals surface area (Å²) >= 11 is 0. The summed E-state index contributed by atoms with van der Waals surface area (Å²) in [6.07, 6.45) is 6.62. The number of carbonyl (C=O) groups excluding carboxylic acids is 1. The molecule has 0 aromatic carbocycles. The normalized spacial score (nSPS) is 21.0. The highest BCUT2D eigenvalue weighted by Gasteiger charge is 2.34. The van der Waals surface area contributed by atoms with Crippen molar-refractivity contribution in [3.63, 3.8) is 0 Å². The van der Waals surface area contributed by atoms with Crippen LogP contribution in [-0.2, 0) is 16.6 Å². The van der Waals surface area contributed by atoms with E-state index in [0.717, 1.165) is 18.4 Å². The van der Waals surface area contributed by atoms with Crippen LogP contribution in [0.4, 0.5) is 5.69 Å². The lowest BCUT2D eigenvalue weighted by Gasteiger charge is -2.30. The van der Waals surface area contributed by atoms with Gasteiger partial charge in [0.1, 0.15) is 5.69 Å². The molecule has 0 unspecified atom stereocenters. The number of nitrogens with zero attached hydrogens (tertiary/aromatic N) is 3. The van der Waals surface area contributed by atoms with Crippen LogP contribution in [-0.4, -0.2) is 34.4 Å². The maximum Gasteiger partial charge on any atom is 0.237 e. The van der Waals surface area contributed by atoms with Gasteiger partial charge < -0.3 is 14.8 Å². The number of nitrogens with one attached hydrogen (secondary N) is 1. The predicted octanol–water partition coefficient (Wildman–Crippen LogP) is 1.93. The van der Waals surface area contributed by atoms with E-state index in [1.807, 2.05) is 13.2 Å². The quantitative estimate of drug-likeness (QED) is 0.932. The fraction of sp³-hybridized carbons (Fsp3) is 0.438. The average Bonchev–Trinajstić information content (AvgIpc) is 3.01. The molecule has 1 fully saturated rings. The van der Waals surface area contributed by atoms with Gasteiger partial charge in [-0.1, -0.05) is 0 Å². The molecule has 1 amide bonds. The van der Waals surface area contributed by atoms with E-state index in [0.29, 0.717) is 18.2 Å². The Bertz CT molecular complexity index is 685. The van der Waals surface area contributed by atoms with Gasteiger partial charge >= 0.3 is 0 Å². The van der Waals surface area contributed by atoms with Gasteiger partial charge in [0.15, 0.2) is 0 Å². The lowest BCUT2D eigenvalue weighted by atomic mass is 9.90. The maximum atomic E-state index is 12.7. The topological polar surface area (TPSA) is 78.3 Å². The Kier molecular flexibility index (Phi) is 4.57. The van der Waals surface area contributed by atoms with E-state index in [9.17, 15) is 4.79 Å². The van der Waals surface area contributed by atoms with Gasteiger partial charge in [0.2, 0.25) is 11.8 Å². The van der Waals surface area contributed by atoms with E-state index in [1.165, 1.54) is 7.11 Å². The zero-order chi connectivity index (χ0) is 16.2. The fourth-order valence-electron chi connectivity index (χ4n) is 2.84. The molecule has 0 bridgehead atoms. The van der Waals surface area contributed by atoms with Crippen molar-refractivity contribution in [2.45, 2.75) is 18.9 Å². The third kappa shape index (κ3) is 3.34. The standard InChI is InChI=1S/C16H20N4O3/c1-20-10-11(9-18-20)14-12(5-4-8-23-14)15(21)19-13-6-3-7-17-16(13)22-2/h3,6-7,9-10,12,14H,4-5,8H2,1-2H3,(H,19,21)/t12-,14+/m1/s1. The van der Waals surface area contributed by atoms with E-state index in [1.54, 1.807) is 29.2 Å². The van der Waals surface area contributed by atoms with Crippen molar-refractivity contribution in [2.75, 3.05) is 19.0 Å². The lowest BCUT2D eigenvalue weighted by molar-refractivity contribution is -0.129. The van der Waals surface area contributed by atoms with Crippen LogP contribution in [0, 0.1) is 5.92 Å². The zero-order valence-corrected chi connectivity index (χ0v) is 13.2. The summed E-state index contributed by atoms with van der Waals surface area (Å²) in [7, 11) is 3.38. The highest BCUT2D eigenvalue weighted by Crippen LogP contribution is 2.34. The van der Waals surface area contributed by atoms with Crippen molar-refractivity contribution < 1.29 is 14.3 Å². The van der Waals surface area contributed by atoms with Crippen LogP contribution in [0.3, 0.4) is 0 Å². The molecule has 0 radical (unpaired) electrons. The molecule has 1 aliphatic heterocycles. The summed E-state index contributed by atoms with van der Waals surface area (Å²) in [5, 5.41) is 7.08. The Morgan fingerprint density at radius 2 is 2.39 bits per heavy atom. The first-order valence-electron chi connectivity index (χ1n) is 7.59. The van der Waals surface area contributed by atoms with Gasteiger partial charge in [-0.15, -0.1) is 0 Å². The molecule has 1 saturated heterocycles. The van der Waals surface area contributed by atoms with E-state index >= 15 is 0 Å². The first-order chi connectivity index (χ1) is 11.2. The molecule has 23 heavy (non-hydrogen) atoms. The van der Waals surface area contributed by atoms with Gasteiger partial charge in [0.05, 0.1) is 25.3 Å². The summed E-state index contributed by atoms with van der Waals surface area (Å²) in [5.41, 5.74) is 1.49. The molecule has 0 aliphatic carbocycles. The van der Waals surface area contributed by atoms with Gasteiger partial charge in [0, 0.05) is 31.6 Å². The number of aryl methyl sites for hydroxylation is 1. The first kappa shape index (κ1) is 15.5. The summed E-state index contributed by atoms with van der Waals surface area (Å²) in [5.74, 6) is 0.0400. The number of anilines is 1. The summed E-state index contributed by atoms with van der Waals surface area (Å²) in [6, 6.07) is 3.53. The number of pyridine rings is 1. The number of carbonyl (C=O) groups is 1. The van der Waals surface area contributed by atoms with Gasteiger partial charge in [-0.25, -0.2) is 4.98 Å². The molecule has 3 heterocycles. The molecule has 3 rings (SSSR count). The van der Waals surface area contributed by atoms with E-state index < -0.39 is 0 Å². The van der Waals surface area contributed by atoms with Crippen LogP contribution in [0.25, 0.3) is 0 Å². The molecule has 2 atom stereocenters. The number of rotatable bonds is 4. The Morgan fingerprint density at radius 3 is 3.13 bits per heavy atom. The molecule has 2 aromatic rings. The number of methoxy groups -OCH3 is 1. The second-order valence-electron chi connectivity index (χ2n) is 5.54. The second kappa shape index (κ2) is 6.78. The number of hydrogen-bond donors (Lipinski definition) is 1. The minimum atomic E-state index is -0.278. The summed E-state index contributed by atoms with van der Waals surface area (Å²) in [6.45, 7) is 0.652. The van der Waals surface area contributed by atoms with E-state index in [4.69, 9.17) is 9.47 Å².